The quantitative estimate of drug-likeness (QED) is 0.509. The highest BCUT2D eigenvalue weighted by Gasteiger charge is 1.98. The SMILES string of the molecule is [B]c1cc(COCCOC)ccc1F. The molecule has 0 aromatic heterocycles. The van der Waals surface area contributed by atoms with Gasteiger partial charge in [0.05, 0.1) is 19.8 Å². The maximum atomic E-state index is 12.8. The summed E-state index contributed by atoms with van der Waals surface area (Å²) in [6.07, 6.45) is 0. The summed E-state index contributed by atoms with van der Waals surface area (Å²) in [6, 6.07) is 4.56. The van der Waals surface area contributed by atoms with Crippen molar-refractivity contribution in [1.82, 2.24) is 0 Å². The number of ether oxygens (including phenoxy) is 2. The predicted octanol–water partition coefficient (Wildman–Crippen LogP) is 0.782. The zero-order valence-electron chi connectivity index (χ0n) is 8.13. The number of hydrogen-bond acceptors (Lipinski definition) is 2. The Hall–Kier alpha value is -0.865. The fourth-order valence-corrected chi connectivity index (χ4v) is 1.02. The third-order valence-electron chi connectivity index (χ3n) is 1.76. The van der Waals surface area contributed by atoms with E-state index in [0.29, 0.717) is 19.8 Å². The van der Waals surface area contributed by atoms with E-state index in [1.54, 1.807) is 19.2 Å². The van der Waals surface area contributed by atoms with Crippen LogP contribution < -0.4 is 5.46 Å². The van der Waals surface area contributed by atoms with Crippen molar-refractivity contribution in [3.8, 4) is 0 Å². The van der Waals surface area contributed by atoms with Crippen LogP contribution >= 0.6 is 0 Å². The summed E-state index contributed by atoms with van der Waals surface area (Å²) in [5.41, 5.74) is 1.01. The summed E-state index contributed by atoms with van der Waals surface area (Å²) in [5, 5.41) is 0. The van der Waals surface area contributed by atoms with Gasteiger partial charge in [0, 0.05) is 7.11 Å². The van der Waals surface area contributed by atoms with Crippen molar-refractivity contribution in [3.05, 3.63) is 29.6 Å². The zero-order chi connectivity index (χ0) is 10.4. The lowest BCUT2D eigenvalue weighted by molar-refractivity contribution is 0.0617. The molecule has 2 radical (unpaired) electrons. The van der Waals surface area contributed by atoms with Crippen LogP contribution in [-0.4, -0.2) is 28.2 Å². The van der Waals surface area contributed by atoms with Crippen LogP contribution in [-0.2, 0) is 16.1 Å². The van der Waals surface area contributed by atoms with E-state index in [1.807, 2.05) is 0 Å². The highest BCUT2D eigenvalue weighted by atomic mass is 19.1. The van der Waals surface area contributed by atoms with Gasteiger partial charge in [0.25, 0.3) is 0 Å². The predicted molar refractivity (Wildman–Crippen MR) is 53.3 cm³/mol. The molecule has 74 valence electrons. The number of hydrogen-bond donors (Lipinski definition) is 0. The first-order chi connectivity index (χ1) is 6.74. The minimum atomic E-state index is -0.398. The second-order valence-electron chi connectivity index (χ2n) is 2.90. The highest BCUT2D eigenvalue weighted by molar-refractivity contribution is 6.32. The third kappa shape index (κ3) is 3.48. The summed E-state index contributed by atoms with van der Waals surface area (Å²) in [6.45, 7) is 1.50. The lowest BCUT2D eigenvalue weighted by atomic mass is 9.94. The molecule has 4 heteroatoms. The van der Waals surface area contributed by atoms with E-state index in [9.17, 15) is 4.39 Å². The van der Waals surface area contributed by atoms with Crippen molar-refractivity contribution in [2.24, 2.45) is 0 Å². The summed E-state index contributed by atoms with van der Waals surface area (Å²) < 4.78 is 22.8. The molecule has 1 aromatic carbocycles. The van der Waals surface area contributed by atoms with Crippen LogP contribution in [0, 0.1) is 5.82 Å². The molecule has 0 aliphatic rings. The minimum absolute atomic E-state index is 0.151. The van der Waals surface area contributed by atoms with Crippen LogP contribution in [0.4, 0.5) is 4.39 Å². The molecule has 0 saturated carbocycles. The number of methoxy groups -OCH3 is 1. The lowest BCUT2D eigenvalue weighted by Gasteiger charge is -2.05. The first kappa shape index (κ1) is 11.2. The number of halogens is 1. The maximum Gasteiger partial charge on any atom is 0.117 e. The molecule has 0 N–H and O–H groups in total. The largest absolute Gasteiger partial charge is 0.382 e. The number of rotatable bonds is 5. The molecule has 0 bridgehead atoms. The van der Waals surface area contributed by atoms with Gasteiger partial charge in [0.2, 0.25) is 0 Å². The first-order valence-electron chi connectivity index (χ1n) is 4.34. The van der Waals surface area contributed by atoms with Gasteiger partial charge in [-0.15, -0.1) is 0 Å². The van der Waals surface area contributed by atoms with E-state index in [2.05, 4.69) is 0 Å². The molecule has 0 heterocycles. The van der Waals surface area contributed by atoms with Gasteiger partial charge in [0.1, 0.15) is 13.7 Å². The summed E-state index contributed by atoms with van der Waals surface area (Å²) in [7, 11) is 7.01. The van der Waals surface area contributed by atoms with Crippen LogP contribution in [0.3, 0.4) is 0 Å². The third-order valence-corrected chi connectivity index (χ3v) is 1.76. The van der Waals surface area contributed by atoms with E-state index in [-0.39, 0.29) is 5.46 Å². The molecule has 2 nitrogen and oxygen atoms in total. The lowest BCUT2D eigenvalue weighted by Crippen LogP contribution is -2.10. The second-order valence-corrected chi connectivity index (χ2v) is 2.90. The Labute approximate surface area is 84.4 Å². The normalized spacial score (nSPS) is 10.4. The van der Waals surface area contributed by atoms with Crippen molar-refractivity contribution in [2.75, 3.05) is 20.3 Å². The second kappa shape index (κ2) is 5.78. The Morgan fingerprint density at radius 1 is 1.36 bits per heavy atom. The Bertz CT molecular complexity index is 291. The minimum Gasteiger partial charge on any atom is -0.382 e. The van der Waals surface area contributed by atoms with Gasteiger partial charge in [-0.25, -0.2) is 4.39 Å². The number of benzene rings is 1. The molecule has 0 spiro atoms. The average molecular weight is 194 g/mol. The van der Waals surface area contributed by atoms with Crippen LogP contribution in [0.25, 0.3) is 0 Å². The van der Waals surface area contributed by atoms with Crippen LogP contribution in [0.1, 0.15) is 5.56 Å². The molecule has 1 aromatic rings. The summed E-state index contributed by atoms with van der Waals surface area (Å²) in [5.74, 6) is -0.398. The molecule has 0 amide bonds. The molecule has 0 saturated heterocycles. The molecule has 0 aliphatic heterocycles. The van der Waals surface area contributed by atoms with E-state index in [1.165, 1.54) is 6.07 Å². The molecule has 0 fully saturated rings. The van der Waals surface area contributed by atoms with Crippen LogP contribution in [0.5, 0.6) is 0 Å². The van der Waals surface area contributed by atoms with Gasteiger partial charge in [-0.2, -0.15) is 0 Å². The Morgan fingerprint density at radius 3 is 2.79 bits per heavy atom. The molecule has 1 rings (SSSR count). The van der Waals surface area contributed by atoms with Crippen molar-refractivity contribution in [1.29, 1.82) is 0 Å². The molecular formula is C10H12BFO2. The summed E-state index contributed by atoms with van der Waals surface area (Å²) >= 11 is 0. The van der Waals surface area contributed by atoms with Crippen molar-refractivity contribution >= 4 is 13.3 Å². The Kier molecular flexibility index (Phi) is 4.63. The average Bonchev–Trinajstić information content (AvgIpc) is 2.18. The molecule has 0 unspecified atom stereocenters. The fraction of sp³-hybridized carbons (Fsp3) is 0.400. The smallest absolute Gasteiger partial charge is 0.117 e. The molecule has 0 aliphatic carbocycles. The zero-order valence-corrected chi connectivity index (χ0v) is 8.13. The van der Waals surface area contributed by atoms with E-state index in [0.717, 1.165) is 5.56 Å². The van der Waals surface area contributed by atoms with Gasteiger partial charge in [-0.1, -0.05) is 17.6 Å². The van der Waals surface area contributed by atoms with Crippen LogP contribution in [0.15, 0.2) is 18.2 Å². The van der Waals surface area contributed by atoms with Gasteiger partial charge in [-0.05, 0) is 11.6 Å². The van der Waals surface area contributed by atoms with Gasteiger partial charge in [0.15, 0.2) is 0 Å². The van der Waals surface area contributed by atoms with Gasteiger partial charge >= 0.3 is 0 Å². The van der Waals surface area contributed by atoms with Crippen molar-refractivity contribution in [3.63, 3.8) is 0 Å². The Morgan fingerprint density at radius 2 is 2.14 bits per heavy atom. The maximum absolute atomic E-state index is 12.8. The van der Waals surface area contributed by atoms with Crippen LogP contribution in [0.2, 0.25) is 0 Å². The summed E-state index contributed by atoms with van der Waals surface area (Å²) in [4.78, 5) is 0. The van der Waals surface area contributed by atoms with E-state index in [4.69, 9.17) is 17.3 Å². The Balaban J connectivity index is 2.39. The molecular weight excluding hydrogens is 182 g/mol. The van der Waals surface area contributed by atoms with E-state index >= 15 is 0 Å². The van der Waals surface area contributed by atoms with Gasteiger partial charge < -0.3 is 9.47 Å². The monoisotopic (exact) mass is 194 g/mol. The van der Waals surface area contributed by atoms with E-state index < -0.39 is 5.82 Å². The topological polar surface area (TPSA) is 18.5 Å². The molecule has 14 heavy (non-hydrogen) atoms. The first-order valence-corrected chi connectivity index (χ1v) is 4.34. The molecule has 0 atom stereocenters. The van der Waals surface area contributed by atoms with Crippen molar-refractivity contribution < 1.29 is 13.9 Å². The van der Waals surface area contributed by atoms with Gasteiger partial charge in [-0.3, -0.25) is 0 Å². The standard InChI is InChI=1S/C10H12BFO2/c1-13-4-5-14-7-8-2-3-10(12)9(11)6-8/h2-3,6H,4-5,7H2,1H3. The highest BCUT2D eigenvalue weighted by Crippen LogP contribution is 2.01. The van der Waals surface area contributed by atoms with Crippen molar-refractivity contribution in [2.45, 2.75) is 6.61 Å². The fourth-order valence-electron chi connectivity index (χ4n) is 1.02.